The molecule has 2 aromatic heterocycles. The van der Waals surface area contributed by atoms with E-state index in [2.05, 4.69) is 20.6 Å². The molecule has 3 aromatic carbocycles. The van der Waals surface area contributed by atoms with Crippen LogP contribution >= 0.6 is 11.6 Å². The summed E-state index contributed by atoms with van der Waals surface area (Å²) in [5.41, 5.74) is 3.06. The van der Waals surface area contributed by atoms with E-state index in [-0.39, 0.29) is 18.5 Å². The lowest BCUT2D eigenvalue weighted by molar-refractivity contribution is 0.306. The number of hydrogen-bond donors (Lipinski definition) is 2. The summed E-state index contributed by atoms with van der Waals surface area (Å²) >= 11 is 5.52. The molecule has 2 atom stereocenters. The first-order valence-electron chi connectivity index (χ1n) is 12.7. The van der Waals surface area contributed by atoms with Gasteiger partial charge in [-0.25, -0.2) is 14.4 Å². The number of nitrogens with zero attached hydrogens (tertiary/aromatic N) is 2. The molecule has 0 spiro atoms. The van der Waals surface area contributed by atoms with Crippen LogP contribution in [0.2, 0.25) is 5.02 Å². The quantitative estimate of drug-likeness (QED) is 0.162. The number of furan rings is 1. The van der Waals surface area contributed by atoms with Crippen LogP contribution in [0.4, 0.5) is 15.9 Å². The van der Waals surface area contributed by atoms with E-state index in [4.69, 9.17) is 20.8 Å². The summed E-state index contributed by atoms with van der Waals surface area (Å²) in [4.78, 5) is 8.86. The number of ether oxygens (including phenoxy) is 1. The van der Waals surface area contributed by atoms with Gasteiger partial charge in [0.1, 0.15) is 53.6 Å². The molecule has 0 radical (unpaired) electrons. The molecule has 5 rings (SSSR count). The van der Waals surface area contributed by atoms with Crippen LogP contribution in [-0.2, 0) is 17.8 Å². The van der Waals surface area contributed by atoms with Gasteiger partial charge in [0.05, 0.1) is 16.8 Å². The average molecular weight is 579 g/mol. The number of hydrogen-bond acceptors (Lipinski definition) is 7. The molecule has 206 valence electrons. The highest BCUT2D eigenvalue weighted by Gasteiger charge is 2.20. The number of fused-ring (bicyclic) bond motifs is 1. The zero-order chi connectivity index (χ0) is 28.1. The van der Waals surface area contributed by atoms with Gasteiger partial charge in [0.25, 0.3) is 0 Å². The van der Waals surface area contributed by atoms with Crippen LogP contribution < -0.4 is 15.4 Å². The van der Waals surface area contributed by atoms with Crippen LogP contribution in [0.25, 0.3) is 22.2 Å². The zero-order valence-electron chi connectivity index (χ0n) is 22.0. The van der Waals surface area contributed by atoms with E-state index in [1.165, 1.54) is 18.5 Å². The first kappa shape index (κ1) is 27.9. The Morgan fingerprint density at radius 1 is 1.07 bits per heavy atom. The molecule has 0 saturated carbocycles. The molecule has 0 fully saturated rings. The molecule has 0 bridgehead atoms. The SMILES string of the molecule is CCNC(C[S+](C)[O-])c1ccc(-c2ccc3ncnc(Nc4ccc(OCc5cccc(F)c5)c(Cl)c4)c3c2)o1. The van der Waals surface area contributed by atoms with E-state index in [9.17, 15) is 8.94 Å². The molecule has 0 saturated heterocycles. The van der Waals surface area contributed by atoms with Gasteiger partial charge >= 0.3 is 0 Å². The van der Waals surface area contributed by atoms with Crippen LogP contribution in [0.5, 0.6) is 5.75 Å². The van der Waals surface area contributed by atoms with Gasteiger partial charge in [0.15, 0.2) is 0 Å². The van der Waals surface area contributed by atoms with Gasteiger partial charge < -0.3 is 24.3 Å². The van der Waals surface area contributed by atoms with Crippen molar-refractivity contribution in [3.05, 3.63) is 101 Å². The Kier molecular flexibility index (Phi) is 8.86. The molecule has 0 aliphatic heterocycles. The van der Waals surface area contributed by atoms with Crippen molar-refractivity contribution in [3.8, 4) is 17.1 Å². The topological polar surface area (TPSA) is 95.3 Å². The highest BCUT2D eigenvalue weighted by atomic mass is 35.5. The Bertz CT molecular complexity index is 1610. The number of aromatic nitrogens is 2. The smallest absolute Gasteiger partial charge is 0.141 e. The average Bonchev–Trinajstić information content (AvgIpc) is 3.43. The van der Waals surface area contributed by atoms with E-state index < -0.39 is 11.2 Å². The molecule has 0 aliphatic carbocycles. The van der Waals surface area contributed by atoms with Gasteiger partial charge in [-0.1, -0.05) is 41.8 Å². The first-order chi connectivity index (χ1) is 19.4. The predicted octanol–water partition coefficient (Wildman–Crippen LogP) is 7.03. The largest absolute Gasteiger partial charge is 0.616 e. The van der Waals surface area contributed by atoms with Crippen molar-refractivity contribution in [1.82, 2.24) is 15.3 Å². The second kappa shape index (κ2) is 12.7. The van der Waals surface area contributed by atoms with Gasteiger partial charge in [-0.15, -0.1) is 0 Å². The van der Waals surface area contributed by atoms with Crippen molar-refractivity contribution in [2.24, 2.45) is 0 Å². The van der Waals surface area contributed by atoms with Crippen LogP contribution in [0, 0.1) is 5.82 Å². The van der Waals surface area contributed by atoms with Gasteiger partial charge in [-0.3, -0.25) is 0 Å². The lowest BCUT2D eigenvalue weighted by atomic mass is 10.1. The Balaban J connectivity index is 1.36. The fraction of sp³-hybridized carbons (Fsp3) is 0.200. The third kappa shape index (κ3) is 6.74. The van der Waals surface area contributed by atoms with Crippen LogP contribution in [0.15, 0.2) is 83.5 Å². The van der Waals surface area contributed by atoms with Crippen molar-refractivity contribution in [3.63, 3.8) is 0 Å². The van der Waals surface area contributed by atoms with Crippen molar-refractivity contribution >= 4 is 45.2 Å². The monoisotopic (exact) mass is 578 g/mol. The minimum absolute atomic E-state index is 0.129. The van der Waals surface area contributed by atoms with Gasteiger partial charge in [0.2, 0.25) is 0 Å². The number of rotatable bonds is 11. The van der Waals surface area contributed by atoms with E-state index in [1.54, 1.807) is 30.5 Å². The van der Waals surface area contributed by atoms with Crippen molar-refractivity contribution in [2.45, 2.75) is 19.6 Å². The standard InChI is InChI=1S/C30H28ClFN4O3S/c1-3-33-26(17-40(2)37)29-12-11-27(39-29)20-7-9-25-23(14-20)30(35-18-34-25)36-22-8-10-28(24(31)15-22)38-16-19-5-4-6-21(32)13-19/h4-15,18,26,33H,3,16-17H2,1-2H3,(H,34,35,36). The molecule has 2 heterocycles. The zero-order valence-corrected chi connectivity index (χ0v) is 23.6. The molecule has 5 aromatic rings. The third-order valence-corrected chi connectivity index (χ3v) is 7.32. The maximum Gasteiger partial charge on any atom is 0.141 e. The lowest BCUT2D eigenvalue weighted by Gasteiger charge is -2.16. The van der Waals surface area contributed by atoms with E-state index in [1.807, 2.05) is 43.3 Å². The minimum Gasteiger partial charge on any atom is -0.616 e. The number of halogens is 2. The Morgan fingerprint density at radius 3 is 2.73 bits per heavy atom. The Morgan fingerprint density at radius 2 is 1.95 bits per heavy atom. The van der Waals surface area contributed by atoms with Crippen molar-refractivity contribution < 1.29 is 18.1 Å². The number of anilines is 2. The Labute approximate surface area is 239 Å². The summed E-state index contributed by atoms with van der Waals surface area (Å²) in [5.74, 6) is 2.69. The van der Waals surface area contributed by atoms with Crippen LogP contribution in [0.1, 0.15) is 24.3 Å². The first-order valence-corrected chi connectivity index (χ1v) is 14.8. The minimum atomic E-state index is -0.967. The normalized spacial score (nSPS) is 12.8. The second-order valence-corrected chi connectivity index (χ2v) is 11.1. The molecule has 2 N–H and O–H groups in total. The number of nitrogens with one attached hydrogen (secondary N) is 2. The number of benzene rings is 3. The maximum absolute atomic E-state index is 13.4. The molecule has 40 heavy (non-hydrogen) atoms. The molecule has 10 heteroatoms. The maximum atomic E-state index is 13.4. The summed E-state index contributed by atoms with van der Waals surface area (Å²) in [6.45, 7) is 2.95. The predicted molar refractivity (Wildman–Crippen MR) is 158 cm³/mol. The molecular weight excluding hydrogens is 551 g/mol. The highest BCUT2D eigenvalue weighted by molar-refractivity contribution is 7.90. The van der Waals surface area contributed by atoms with Crippen molar-refractivity contribution in [2.75, 3.05) is 23.9 Å². The molecule has 0 aliphatic rings. The fourth-order valence-electron chi connectivity index (χ4n) is 4.35. The summed E-state index contributed by atoms with van der Waals surface area (Å²) in [7, 11) is 0. The molecule has 0 amide bonds. The third-order valence-electron chi connectivity index (χ3n) is 6.22. The van der Waals surface area contributed by atoms with Crippen LogP contribution in [0.3, 0.4) is 0 Å². The van der Waals surface area contributed by atoms with Gasteiger partial charge in [-0.2, -0.15) is 0 Å². The summed E-state index contributed by atoms with van der Waals surface area (Å²) in [5, 5.41) is 7.87. The van der Waals surface area contributed by atoms with E-state index in [0.29, 0.717) is 33.7 Å². The van der Waals surface area contributed by atoms with Crippen molar-refractivity contribution in [1.29, 1.82) is 0 Å². The van der Waals surface area contributed by atoms with E-state index in [0.717, 1.165) is 34.5 Å². The second-order valence-electron chi connectivity index (χ2n) is 9.20. The fourth-order valence-corrected chi connectivity index (χ4v) is 5.33. The molecule has 2 unspecified atom stereocenters. The molecule has 7 nitrogen and oxygen atoms in total. The summed E-state index contributed by atoms with van der Waals surface area (Å²) in [6.07, 6.45) is 3.19. The molecular formula is C30H28ClFN4O3S. The Hall–Kier alpha value is -3.63. The lowest BCUT2D eigenvalue weighted by Crippen LogP contribution is -2.27. The van der Waals surface area contributed by atoms with E-state index >= 15 is 0 Å². The van der Waals surface area contributed by atoms with Gasteiger partial charge in [-0.05, 0) is 72.8 Å². The highest BCUT2D eigenvalue weighted by Crippen LogP contribution is 2.33. The summed E-state index contributed by atoms with van der Waals surface area (Å²) in [6, 6.07) is 21.1. The summed E-state index contributed by atoms with van der Waals surface area (Å²) < 4.78 is 37.2. The van der Waals surface area contributed by atoms with Gasteiger partial charge in [0, 0.05) is 16.6 Å². The van der Waals surface area contributed by atoms with Crippen LogP contribution in [-0.4, -0.2) is 33.1 Å².